The highest BCUT2D eigenvalue weighted by atomic mass is 79.9. The smallest absolute Gasteiger partial charge is 0.243 e. The number of sulfonamides is 1. The lowest BCUT2D eigenvalue weighted by Crippen LogP contribution is -2.51. The summed E-state index contributed by atoms with van der Waals surface area (Å²) in [6.45, 7) is 0.300. The van der Waals surface area contributed by atoms with Crippen LogP contribution >= 0.6 is 39.9 Å². The number of hydrogen-bond acceptors (Lipinski definition) is 3. The van der Waals surface area contributed by atoms with Gasteiger partial charge in [-0.3, -0.25) is 0 Å². The van der Waals surface area contributed by atoms with E-state index in [2.05, 4.69) is 20.7 Å². The lowest BCUT2D eigenvalue weighted by molar-refractivity contribution is 0.399. The van der Waals surface area contributed by atoms with E-state index in [0.717, 1.165) is 25.7 Å². The lowest BCUT2D eigenvalue weighted by atomic mass is 10.0. The molecule has 0 spiro atoms. The van der Waals surface area contributed by atoms with Crippen molar-refractivity contribution in [2.45, 2.75) is 36.1 Å². The molecular weight excluding hydrogens is 387 g/mol. The predicted molar refractivity (Wildman–Crippen MR) is 87.0 cm³/mol. The summed E-state index contributed by atoms with van der Waals surface area (Å²) in [7, 11) is -3.68. The number of hydrogen-bond donors (Lipinski definition) is 2. The van der Waals surface area contributed by atoms with Crippen LogP contribution < -0.4 is 10.5 Å². The van der Waals surface area contributed by atoms with Crippen molar-refractivity contribution in [1.82, 2.24) is 4.72 Å². The fourth-order valence-electron chi connectivity index (χ4n) is 2.47. The molecule has 1 aliphatic carbocycles. The van der Waals surface area contributed by atoms with Crippen molar-refractivity contribution in [3.63, 3.8) is 0 Å². The maximum Gasteiger partial charge on any atom is 0.243 e. The van der Waals surface area contributed by atoms with Crippen molar-refractivity contribution in [3.05, 3.63) is 27.7 Å². The number of benzene rings is 1. The van der Waals surface area contributed by atoms with Gasteiger partial charge in [0.25, 0.3) is 0 Å². The summed E-state index contributed by atoms with van der Waals surface area (Å²) >= 11 is 9.24. The van der Waals surface area contributed by atoms with Gasteiger partial charge in [0.1, 0.15) is 4.90 Å². The molecule has 3 N–H and O–H groups in total. The second-order valence-corrected chi connectivity index (χ2v) is 7.73. The largest absolute Gasteiger partial charge is 0.329 e. The Balaban J connectivity index is 0.00000200. The van der Waals surface area contributed by atoms with Crippen LogP contribution in [0.1, 0.15) is 25.7 Å². The predicted octanol–water partition coefficient (Wildman–Crippen LogP) is 3.07. The van der Waals surface area contributed by atoms with E-state index in [4.69, 9.17) is 17.3 Å². The summed E-state index contributed by atoms with van der Waals surface area (Å²) in [6, 6.07) is 4.91. The Hall–Kier alpha value is 0.150. The van der Waals surface area contributed by atoms with Gasteiger partial charge in [0.2, 0.25) is 10.0 Å². The molecule has 0 radical (unpaired) electrons. The number of nitrogens with two attached hydrogens (primary N) is 1. The molecular formula is C12H17BrCl2N2O2S. The van der Waals surface area contributed by atoms with Crippen molar-refractivity contribution in [1.29, 1.82) is 0 Å². The van der Waals surface area contributed by atoms with Gasteiger partial charge in [0.05, 0.1) is 5.02 Å². The summed E-state index contributed by atoms with van der Waals surface area (Å²) in [5, 5.41) is 0.201. The average Bonchev–Trinajstić information content (AvgIpc) is 2.77. The average molecular weight is 404 g/mol. The second-order valence-electron chi connectivity index (χ2n) is 4.85. The first-order chi connectivity index (χ1) is 8.90. The van der Waals surface area contributed by atoms with E-state index in [1.54, 1.807) is 18.2 Å². The summed E-state index contributed by atoms with van der Waals surface area (Å²) in [5.41, 5.74) is 5.23. The van der Waals surface area contributed by atoms with E-state index in [1.807, 2.05) is 0 Å². The van der Waals surface area contributed by atoms with Gasteiger partial charge in [0, 0.05) is 16.6 Å². The molecule has 20 heavy (non-hydrogen) atoms. The molecule has 0 unspecified atom stereocenters. The fourth-order valence-corrected chi connectivity index (χ4v) is 5.68. The molecule has 1 aromatic rings. The van der Waals surface area contributed by atoms with Crippen LogP contribution in [0.5, 0.6) is 0 Å². The maximum absolute atomic E-state index is 12.5. The zero-order valence-electron chi connectivity index (χ0n) is 10.7. The van der Waals surface area contributed by atoms with E-state index in [1.165, 1.54) is 0 Å². The van der Waals surface area contributed by atoms with Gasteiger partial charge < -0.3 is 5.73 Å². The Kier molecular flexibility index (Phi) is 6.32. The molecule has 0 amide bonds. The first kappa shape index (κ1) is 18.2. The van der Waals surface area contributed by atoms with Crippen LogP contribution in [0.2, 0.25) is 5.02 Å². The monoisotopic (exact) mass is 402 g/mol. The van der Waals surface area contributed by atoms with Crippen LogP contribution in [0, 0.1) is 0 Å². The van der Waals surface area contributed by atoms with Crippen molar-refractivity contribution in [3.8, 4) is 0 Å². The number of halogens is 3. The highest BCUT2D eigenvalue weighted by Gasteiger charge is 2.37. The minimum absolute atomic E-state index is 0. The molecule has 0 aromatic heterocycles. The van der Waals surface area contributed by atoms with Gasteiger partial charge in [-0.2, -0.15) is 0 Å². The Morgan fingerprint density at radius 1 is 1.35 bits per heavy atom. The first-order valence-corrected chi connectivity index (χ1v) is 8.74. The molecule has 0 bridgehead atoms. The molecule has 0 heterocycles. The van der Waals surface area contributed by atoms with Crippen molar-refractivity contribution in [2.24, 2.45) is 5.73 Å². The Morgan fingerprint density at radius 3 is 2.45 bits per heavy atom. The zero-order chi connectivity index (χ0) is 14.1. The van der Waals surface area contributed by atoms with Crippen LogP contribution in [-0.4, -0.2) is 20.5 Å². The minimum Gasteiger partial charge on any atom is -0.329 e. The van der Waals surface area contributed by atoms with E-state index < -0.39 is 15.6 Å². The third-order valence-electron chi connectivity index (χ3n) is 3.49. The van der Waals surface area contributed by atoms with Crippen molar-refractivity contribution < 1.29 is 8.42 Å². The highest BCUT2D eigenvalue weighted by molar-refractivity contribution is 9.10. The van der Waals surface area contributed by atoms with E-state index in [9.17, 15) is 8.42 Å². The Labute approximate surface area is 139 Å². The highest BCUT2D eigenvalue weighted by Crippen LogP contribution is 2.34. The quantitative estimate of drug-likeness (QED) is 0.811. The normalized spacial score (nSPS) is 17.8. The second kappa shape index (κ2) is 6.94. The van der Waals surface area contributed by atoms with Gasteiger partial charge in [-0.05, 0) is 40.9 Å². The lowest BCUT2D eigenvalue weighted by Gasteiger charge is -2.28. The third-order valence-corrected chi connectivity index (χ3v) is 6.52. The molecule has 8 heteroatoms. The van der Waals surface area contributed by atoms with Gasteiger partial charge in [-0.15, -0.1) is 12.4 Å². The summed E-state index contributed by atoms with van der Waals surface area (Å²) < 4.78 is 28.2. The summed E-state index contributed by atoms with van der Waals surface area (Å²) in [5.74, 6) is 0. The minimum atomic E-state index is -3.68. The SMILES string of the molecule is Cl.NCC1(NS(=O)(=O)c2c(Cl)cccc2Br)CCCC1. The fraction of sp³-hybridized carbons (Fsp3) is 0.500. The molecule has 4 nitrogen and oxygen atoms in total. The Bertz CT molecular complexity index is 555. The van der Waals surface area contributed by atoms with Crippen LogP contribution in [0.15, 0.2) is 27.6 Å². The van der Waals surface area contributed by atoms with E-state index in [0.29, 0.717) is 11.0 Å². The van der Waals surface area contributed by atoms with Gasteiger partial charge in [0.15, 0.2) is 0 Å². The van der Waals surface area contributed by atoms with Crippen molar-refractivity contribution in [2.75, 3.05) is 6.54 Å². The molecule has 114 valence electrons. The standard InChI is InChI=1S/C12H16BrClN2O2S.ClH/c13-9-4-3-5-10(14)11(9)19(17,18)16-12(8-15)6-1-2-7-12;/h3-5,16H,1-2,6-8,15H2;1H. The third kappa shape index (κ3) is 3.67. The van der Waals surface area contributed by atoms with Crippen LogP contribution in [0.3, 0.4) is 0 Å². The summed E-state index contributed by atoms with van der Waals surface area (Å²) in [6.07, 6.45) is 3.52. The maximum atomic E-state index is 12.5. The number of rotatable bonds is 4. The molecule has 1 fully saturated rings. The zero-order valence-corrected chi connectivity index (χ0v) is 14.7. The molecule has 1 aliphatic rings. The van der Waals surface area contributed by atoms with Crippen LogP contribution in [0.25, 0.3) is 0 Å². The molecule has 0 aliphatic heterocycles. The van der Waals surface area contributed by atoms with Crippen LogP contribution in [0.4, 0.5) is 0 Å². The van der Waals surface area contributed by atoms with Gasteiger partial charge in [-0.25, -0.2) is 13.1 Å². The number of nitrogens with one attached hydrogen (secondary N) is 1. The molecule has 0 atom stereocenters. The Morgan fingerprint density at radius 2 is 1.95 bits per heavy atom. The van der Waals surface area contributed by atoms with Gasteiger partial charge >= 0.3 is 0 Å². The van der Waals surface area contributed by atoms with E-state index in [-0.39, 0.29) is 22.3 Å². The molecule has 0 saturated heterocycles. The molecule has 1 saturated carbocycles. The van der Waals surface area contributed by atoms with E-state index >= 15 is 0 Å². The topological polar surface area (TPSA) is 72.2 Å². The molecule has 1 aromatic carbocycles. The summed E-state index contributed by atoms with van der Waals surface area (Å²) in [4.78, 5) is 0.0800. The first-order valence-electron chi connectivity index (χ1n) is 6.08. The molecule has 2 rings (SSSR count). The van der Waals surface area contributed by atoms with Gasteiger partial charge in [-0.1, -0.05) is 30.5 Å². The van der Waals surface area contributed by atoms with Crippen molar-refractivity contribution >= 4 is 50.0 Å². The van der Waals surface area contributed by atoms with Crippen LogP contribution in [-0.2, 0) is 10.0 Å².